The number of hydrogen-bond donors (Lipinski definition) is 3. The number of hydrogen-bond acceptors (Lipinski definition) is 5. The molecule has 0 saturated heterocycles. The van der Waals surface area contributed by atoms with Gasteiger partial charge in [-0.2, -0.15) is 10.5 Å². The fraction of sp³-hybridized carbons (Fsp3) is 0. The molecule has 108 valence electrons. The minimum Gasteiger partial charge on any atom is -0.478 e. The Bertz CT molecular complexity index is 935. The van der Waals surface area contributed by atoms with Crippen molar-refractivity contribution in [2.45, 2.75) is 0 Å². The first-order valence-electron chi connectivity index (χ1n) is 5.79. The molecule has 1 heterocycles. The largest absolute Gasteiger partial charge is 0.478 e. The van der Waals surface area contributed by atoms with Crippen LogP contribution >= 0.6 is 15.9 Å². The van der Waals surface area contributed by atoms with E-state index >= 15 is 0 Å². The van der Waals surface area contributed by atoms with Crippen LogP contribution in [0.3, 0.4) is 0 Å². The molecule has 0 unspecified atom stereocenters. The molecule has 0 spiro atoms. The normalized spacial score (nSPS) is 9.77. The van der Waals surface area contributed by atoms with Crippen molar-refractivity contribution in [1.82, 2.24) is 4.98 Å². The fourth-order valence-corrected chi connectivity index (χ4v) is 2.52. The van der Waals surface area contributed by atoms with Crippen LogP contribution in [0.15, 0.2) is 27.5 Å². The molecule has 0 atom stereocenters. The number of carbonyl (C=O) groups is 1. The van der Waals surface area contributed by atoms with Gasteiger partial charge in [0.2, 0.25) is 0 Å². The fourth-order valence-electron chi connectivity index (χ4n) is 1.98. The van der Waals surface area contributed by atoms with Crippen molar-refractivity contribution in [3.05, 3.63) is 49.7 Å². The standard InChI is InChI=1S/C14H7BrN4O3/c15-10-3-6(1-2-7(10)14(21)22)11-8(4-16)12(18)19-13(20)9(11)5-17/h1-3H,(H,21,22)(H3,18,19,20). The number of carboxylic acid groups (broad SMARTS) is 1. The number of H-pyrrole nitrogens is 1. The third-order valence-electron chi connectivity index (χ3n) is 2.96. The molecular weight excluding hydrogens is 352 g/mol. The monoisotopic (exact) mass is 358 g/mol. The van der Waals surface area contributed by atoms with Crippen molar-refractivity contribution >= 4 is 27.7 Å². The van der Waals surface area contributed by atoms with Gasteiger partial charge in [0, 0.05) is 10.0 Å². The summed E-state index contributed by atoms with van der Waals surface area (Å²) in [4.78, 5) is 25.1. The van der Waals surface area contributed by atoms with Crippen molar-refractivity contribution in [3.63, 3.8) is 0 Å². The zero-order valence-electron chi connectivity index (χ0n) is 10.8. The van der Waals surface area contributed by atoms with Crippen LogP contribution in [-0.4, -0.2) is 16.1 Å². The van der Waals surface area contributed by atoms with Crippen LogP contribution in [0.2, 0.25) is 0 Å². The minimum absolute atomic E-state index is 0.0126. The Morgan fingerprint density at radius 2 is 1.91 bits per heavy atom. The predicted molar refractivity (Wildman–Crippen MR) is 81.0 cm³/mol. The van der Waals surface area contributed by atoms with E-state index in [0.29, 0.717) is 5.56 Å². The summed E-state index contributed by atoms with van der Waals surface area (Å²) in [5.74, 6) is -1.29. The topological polar surface area (TPSA) is 144 Å². The second kappa shape index (κ2) is 5.72. The van der Waals surface area contributed by atoms with Crippen LogP contribution in [0, 0.1) is 22.7 Å². The molecule has 2 rings (SSSR count). The highest BCUT2D eigenvalue weighted by Crippen LogP contribution is 2.31. The van der Waals surface area contributed by atoms with Crippen LogP contribution in [0.1, 0.15) is 21.5 Å². The number of aromatic nitrogens is 1. The molecule has 7 nitrogen and oxygen atoms in total. The lowest BCUT2D eigenvalue weighted by Crippen LogP contribution is -2.16. The number of aromatic carboxylic acids is 1. The van der Waals surface area contributed by atoms with E-state index in [1.807, 2.05) is 6.07 Å². The molecule has 0 fully saturated rings. The summed E-state index contributed by atoms with van der Waals surface area (Å²) in [6, 6.07) is 7.71. The zero-order chi connectivity index (χ0) is 16.4. The van der Waals surface area contributed by atoms with Crippen LogP contribution in [0.25, 0.3) is 11.1 Å². The Balaban J connectivity index is 2.87. The maximum atomic E-state index is 11.8. The summed E-state index contributed by atoms with van der Waals surface area (Å²) < 4.78 is 0.254. The van der Waals surface area contributed by atoms with Crippen LogP contribution in [-0.2, 0) is 0 Å². The van der Waals surface area contributed by atoms with Gasteiger partial charge in [-0.25, -0.2) is 4.79 Å². The highest BCUT2D eigenvalue weighted by Gasteiger charge is 2.19. The van der Waals surface area contributed by atoms with Gasteiger partial charge in [0.1, 0.15) is 29.1 Å². The first-order chi connectivity index (χ1) is 10.4. The maximum absolute atomic E-state index is 11.8. The summed E-state index contributed by atoms with van der Waals surface area (Å²) in [6.07, 6.45) is 0. The molecule has 22 heavy (non-hydrogen) atoms. The van der Waals surface area contributed by atoms with Gasteiger partial charge in [-0.15, -0.1) is 0 Å². The van der Waals surface area contributed by atoms with Gasteiger partial charge in [-0.05, 0) is 33.6 Å². The van der Waals surface area contributed by atoms with Gasteiger partial charge >= 0.3 is 5.97 Å². The summed E-state index contributed by atoms with van der Waals surface area (Å²) in [5, 5.41) is 27.4. The molecule has 0 amide bonds. The summed E-state index contributed by atoms with van der Waals surface area (Å²) >= 11 is 3.11. The third kappa shape index (κ3) is 2.43. The first-order valence-corrected chi connectivity index (χ1v) is 6.59. The smallest absolute Gasteiger partial charge is 0.336 e. The molecular formula is C14H7BrN4O3. The Labute approximate surface area is 132 Å². The van der Waals surface area contributed by atoms with Crippen molar-refractivity contribution in [2.75, 3.05) is 5.73 Å². The molecule has 8 heteroatoms. The molecule has 1 aromatic carbocycles. The Morgan fingerprint density at radius 3 is 2.41 bits per heavy atom. The van der Waals surface area contributed by atoms with Gasteiger partial charge in [0.05, 0.1) is 5.56 Å². The Morgan fingerprint density at radius 1 is 1.27 bits per heavy atom. The highest BCUT2D eigenvalue weighted by atomic mass is 79.9. The summed E-state index contributed by atoms with van der Waals surface area (Å²) in [5.41, 5.74) is 5.01. The van der Waals surface area contributed by atoms with Gasteiger partial charge in [-0.1, -0.05) is 6.07 Å². The molecule has 0 radical (unpaired) electrons. The van der Waals surface area contributed by atoms with E-state index in [0.717, 1.165) is 0 Å². The predicted octanol–water partition coefficient (Wildman–Crippen LogP) is 1.83. The number of anilines is 1. The van der Waals surface area contributed by atoms with Crippen molar-refractivity contribution in [2.24, 2.45) is 0 Å². The maximum Gasteiger partial charge on any atom is 0.336 e. The molecule has 2 aromatic rings. The number of nitrogens with one attached hydrogen (secondary N) is 1. The second-order valence-corrected chi connectivity index (χ2v) is 5.07. The number of benzene rings is 1. The van der Waals surface area contributed by atoms with E-state index in [9.17, 15) is 14.9 Å². The third-order valence-corrected chi connectivity index (χ3v) is 3.61. The number of nitrogens with two attached hydrogens (primary N) is 1. The number of aromatic amines is 1. The number of carboxylic acids is 1. The van der Waals surface area contributed by atoms with Gasteiger partial charge in [-0.3, -0.25) is 4.79 Å². The van der Waals surface area contributed by atoms with Crippen molar-refractivity contribution in [1.29, 1.82) is 10.5 Å². The van der Waals surface area contributed by atoms with E-state index in [4.69, 9.17) is 16.1 Å². The molecule has 0 saturated carbocycles. The molecule has 0 bridgehead atoms. The van der Waals surface area contributed by atoms with Crippen molar-refractivity contribution < 1.29 is 9.90 Å². The van der Waals surface area contributed by atoms with E-state index in [2.05, 4.69) is 20.9 Å². The molecule has 0 aliphatic carbocycles. The Hall–Kier alpha value is -3.10. The molecule has 1 aromatic heterocycles. The average Bonchev–Trinajstić information content (AvgIpc) is 2.46. The number of halogens is 1. The SMILES string of the molecule is N#Cc1c(N)[nH]c(=O)c(C#N)c1-c1ccc(C(=O)O)c(Br)c1. The van der Waals surface area contributed by atoms with Crippen LogP contribution < -0.4 is 11.3 Å². The number of nitriles is 2. The van der Waals surface area contributed by atoms with Crippen molar-refractivity contribution in [3.8, 4) is 23.3 Å². The lowest BCUT2D eigenvalue weighted by Gasteiger charge is -2.10. The molecule has 0 aliphatic rings. The molecule has 0 aliphatic heterocycles. The number of nitrogens with zero attached hydrogens (tertiary/aromatic N) is 2. The molecule has 4 N–H and O–H groups in total. The van der Waals surface area contributed by atoms with E-state index in [-0.39, 0.29) is 32.5 Å². The second-order valence-electron chi connectivity index (χ2n) is 4.22. The van der Waals surface area contributed by atoms with Gasteiger partial charge < -0.3 is 15.8 Å². The zero-order valence-corrected chi connectivity index (χ0v) is 12.4. The van der Waals surface area contributed by atoms with Gasteiger partial charge in [0.15, 0.2) is 0 Å². The first kappa shape index (κ1) is 15.3. The van der Waals surface area contributed by atoms with E-state index in [1.165, 1.54) is 18.2 Å². The van der Waals surface area contributed by atoms with Gasteiger partial charge in [0.25, 0.3) is 5.56 Å². The van der Waals surface area contributed by atoms with E-state index < -0.39 is 11.5 Å². The number of pyridine rings is 1. The Kier molecular flexibility index (Phi) is 3.97. The number of rotatable bonds is 2. The lowest BCUT2D eigenvalue weighted by molar-refractivity contribution is 0.0696. The van der Waals surface area contributed by atoms with E-state index in [1.54, 1.807) is 6.07 Å². The number of nitrogen functional groups attached to an aromatic ring is 1. The minimum atomic E-state index is -1.13. The quantitative estimate of drug-likeness (QED) is 0.746. The lowest BCUT2D eigenvalue weighted by atomic mass is 9.96. The highest BCUT2D eigenvalue weighted by molar-refractivity contribution is 9.10. The average molecular weight is 359 g/mol. The van der Waals surface area contributed by atoms with Crippen LogP contribution in [0.4, 0.5) is 5.82 Å². The summed E-state index contributed by atoms with van der Waals surface area (Å²) in [7, 11) is 0. The summed E-state index contributed by atoms with van der Waals surface area (Å²) in [6.45, 7) is 0. The van der Waals surface area contributed by atoms with Crippen LogP contribution in [0.5, 0.6) is 0 Å².